The zero-order valence-corrected chi connectivity index (χ0v) is 11.9. The Balaban J connectivity index is 1.74. The Morgan fingerprint density at radius 2 is 1.84 bits per heavy atom. The third-order valence-electron chi connectivity index (χ3n) is 4.10. The zero-order valence-electron chi connectivity index (χ0n) is 11.9. The van der Waals surface area contributed by atoms with Crippen molar-refractivity contribution in [1.82, 2.24) is 4.90 Å². The molecule has 106 valence electrons. The molecule has 1 saturated carbocycles. The Kier molecular flexibility index (Phi) is 5.64. The normalized spacial score (nSPS) is 17.4. The second-order valence-corrected chi connectivity index (χ2v) is 5.53. The predicted octanol–water partition coefficient (Wildman–Crippen LogP) is 3.89. The van der Waals surface area contributed by atoms with E-state index in [1.807, 2.05) is 6.07 Å². The summed E-state index contributed by atoms with van der Waals surface area (Å²) in [5.41, 5.74) is 0.608. The van der Waals surface area contributed by atoms with Crippen molar-refractivity contribution >= 4 is 5.69 Å². The molecule has 0 bridgehead atoms. The topological polar surface area (TPSA) is 15.3 Å². The van der Waals surface area contributed by atoms with E-state index < -0.39 is 0 Å². The van der Waals surface area contributed by atoms with Crippen LogP contribution >= 0.6 is 0 Å². The molecular formula is C16H25FN2. The Bertz CT molecular complexity index is 373. The first-order chi connectivity index (χ1) is 9.27. The van der Waals surface area contributed by atoms with Crippen LogP contribution in [0.3, 0.4) is 0 Å². The molecule has 1 fully saturated rings. The van der Waals surface area contributed by atoms with Crippen LogP contribution in [0.1, 0.15) is 38.5 Å². The average molecular weight is 264 g/mol. The molecule has 0 radical (unpaired) electrons. The van der Waals surface area contributed by atoms with Crippen LogP contribution in [0.2, 0.25) is 0 Å². The Labute approximate surface area is 116 Å². The highest BCUT2D eigenvalue weighted by Gasteiger charge is 2.16. The summed E-state index contributed by atoms with van der Waals surface area (Å²) in [6.07, 6.45) is 8.12. The highest BCUT2D eigenvalue weighted by atomic mass is 19.1. The van der Waals surface area contributed by atoms with Crippen molar-refractivity contribution in [2.45, 2.75) is 44.6 Å². The molecule has 1 aliphatic carbocycles. The van der Waals surface area contributed by atoms with Gasteiger partial charge in [0, 0.05) is 19.1 Å². The molecule has 0 heterocycles. The van der Waals surface area contributed by atoms with Gasteiger partial charge in [0.1, 0.15) is 5.82 Å². The first-order valence-electron chi connectivity index (χ1n) is 7.46. The van der Waals surface area contributed by atoms with Crippen molar-refractivity contribution in [2.75, 3.05) is 25.5 Å². The maximum absolute atomic E-state index is 13.4. The Morgan fingerprint density at radius 1 is 1.16 bits per heavy atom. The standard InChI is InChI=1S/C16H25FN2/c1-19(14-8-4-2-3-5-9-14)13-12-18-16-11-7-6-10-15(16)17/h6-7,10-11,14,18H,2-5,8-9,12-13H2,1H3. The highest BCUT2D eigenvalue weighted by Crippen LogP contribution is 2.20. The molecular weight excluding hydrogens is 239 g/mol. The van der Waals surface area contributed by atoms with Gasteiger partial charge in [-0.25, -0.2) is 4.39 Å². The number of hydrogen-bond acceptors (Lipinski definition) is 2. The Hall–Kier alpha value is -1.09. The molecule has 0 spiro atoms. The minimum absolute atomic E-state index is 0.167. The molecule has 19 heavy (non-hydrogen) atoms. The molecule has 0 aromatic heterocycles. The second kappa shape index (κ2) is 7.49. The zero-order chi connectivity index (χ0) is 13.5. The number of nitrogens with one attached hydrogen (secondary N) is 1. The van der Waals surface area contributed by atoms with E-state index in [1.54, 1.807) is 12.1 Å². The number of nitrogens with zero attached hydrogens (tertiary/aromatic N) is 1. The van der Waals surface area contributed by atoms with Crippen LogP contribution in [0.25, 0.3) is 0 Å². The third-order valence-corrected chi connectivity index (χ3v) is 4.10. The number of halogens is 1. The number of anilines is 1. The molecule has 2 rings (SSSR count). The van der Waals surface area contributed by atoms with Crippen molar-refractivity contribution in [2.24, 2.45) is 0 Å². The maximum atomic E-state index is 13.4. The van der Waals surface area contributed by atoms with E-state index in [-0.39, 0.29) is 5.82 Å². The first-order valence-corrected chi connectivity index (χ1v) is 7.46. The van der Waals surface area contributed by atoms with Crippen molar-refractivity contribution in [1.29, 1.82) is 0 Å². The number of likely N-dealkylation sites (N-methyl/N-ethyl adjacent to an activating group) is 1. The summed E-state index contributed by atoms with van der Waals surface area (Å²) in [6, 6.07) is 7.58. The van der Waals surface area contributed by atoms with Crippen LogP contribution in [0.15, 0.2) is 24.3 Å². The summed E-state index contributed by atoms with van der Waals surface area (Å²) >= 11 is 0. The van der Waals surface area contributed by atoms with Gasteiger partial charge in [-0.3, -0.25) is 0 Å². The SMILES string of the molecule is CN(CCNc1ccccc1F)C1CCCCCC1. The van der Waals surface area contributed by atoms with Crippen molar-refractivity contribution in [3.8, 4) is 0 Å². The van der Waals surface area contributed by atoms with Crippen LogP contribution in [-0.2, 0) is 0 Å². The largest absolute Gasteiger partial charge is 0.381 e. The molecule has 0 unspecified atom stereocenters. The van der Waals surface area contributed by atoms with Crippen molar-refractivity contribution in [3.63, 3.8) is 0 Å². The summed E-state index contributed by atoms with van der Waals surface area (Å²) in [5.74, 6) is -0.167. The first kappa shape index (κ1) is 14.3. The average Bonchev–Trinajstić information content (AvgIpc) is 2.70. The molecule has 0 aliphatic heterocycles. The lowest BCUT2D eigenvalue weighted by molar-refractivity contribution is 0.229. The van der Waals surface area contributed by atoms with E-state index >= 15 is 0 Å². The van der Waals surface area contributed by atoms with Gasteiger partial charge in [0.25, 0.3) is 0 Å². The second-order valence-electron chi connectivity index (χ2n) is 5.53. The predicted molar refractivity (Wildman–Crippen MR) is 79.0 cm³/mol. The highest BCUT2D eigenvalue weighted by molar-refractivity contribution is 5.44. The third kappa shape index (κ3) is 4.50. The van der Waals surface area contributed by atoms with Crippen LogP contribution in [-0.4, -0.2) is 31.1 Å². The molecule has 1 aromatic rings. The summed E-state index contributed by atoms with van der Waals surface area (Å²) in [7, 11) is 2.19. The van der Waals surface area contributed by atoms with Gasteiger partial charge in [0.2, 0.25) is 0 Å². The van der Waals surface area contributed by atoms with Gasteiger partial charge in [0.05, 0.1) is 5.69 Å². The van der Waals surface area contributed by atoms with Crippen LogP contribution in [0.5, 0.6) is 0 Å². The fraction of sp³-hybridized carbons (Fsp3) is 0.625. The van der Waals surface area contributed by atoms with E-state index in [0.29, 0.717) is 11.7 Å². The van der Waals surface area contributed by atoms with Crippen LogP contribution in [0, 0.1) is 5.82 Å². The smallest absolute Gasteiger partial charge is 0.146 e. The monoisotopic (exact) mass is 264 g/mol. The van der Waals surface area contributed by atoms with Crippen molar-refractivity contribution < 1.29 is 4.39 Å². The molecule has 1 N–H and O–H groups in total. The van der Waals surface area contributed by atoms with E-state index in [0.717, 1.165) is 13.1 Å². The number of hydrogen-bond donors (Lipinski definition) is 1. The van der Waals surface area contributed by atoms with Crippen LogP contribution in [0.4, 0.5) is 10.1 Å². The van der Waals surface area contributed by atoms with Gasteiger partial charge < -0.3 is 10.2 Å². The summed E-state index contributed by atoms with van der Waals surface area (Å²) in [4.78, 5) is 2.43. The van der Waals surface area contributed by atoms with E-state index in [1.165, 1.54) is 44.6 Å². The van der Waals surface area contributed by atoms with Crippen molar-refractivity contribution in [3.05, 3.63) is 30.1 Å². The fourth-order valence-corrected chi connectivity index (χ4v) is 2.85. The quantitative estimate of drug-likeness (QED) is 0.812. The fourth-order valence-electron chi connectivity index (χ4n) is 2.85. The molecule has 0 saturated heterocycles. The number of para-hydroxylation sites is 1. The Morgan fingerprint density at radius 3 is 2.53 bits per heavy atom. The molecule has 1 aliphatic rings. The van der Waals surface area contributed by atoms with Crippen LogP contribution < -0.4 is 5.32 Å². The summed E-state index contributed by atoms with van der Waals surface area (Å²) < 4.78 is 13.4. The lowest BCUT2D eigenvalue weighted by Crippen LogP contribution is -2.35. The molecule has 1 aromatic carbocycles. The minimum atomic E-state index is -0.167. The van der Waals surface area contributed by atoms with Gasteiger partial charge >= 0.3 is 0 Å². The number of rotatable bonds is 5. The van der Waals surface area contributed by atoms with E-state index in [4.69, 9.17) is 0 Å². The van der Waals surface area contributed by atoms with E-state index in [9.17, 15) is 4.39 Å². The van der Waals surface area contributed by atoms with Gasteiger partial charge in [-0.2, -0.15) is 0 Å². The summed E-state index contributed by atoms with van der Waals surface area (Å²) in [5, 5.41) is 3.18. The lowest BCUT2D eigenvalue weighted by atomic mass is 10.1. The molecule has 2 nitrogen and oxygen atoms in total. The molecule has 3 heteroatoms. The number of benzene rings is 1. The summed E-state index contributed by atoms with van der Waals surface area (Å²) in [6.45, 7) is 1.77. The minimum Gasteiger partial charge on any atom is -0.381 e. The van der Waals surface area contributed by atoms with Gasteiger partial charge in [-0.1, -0.05) is 37.8 Å². The van der Waals surface area contributed by atoms with Gasteiger partial charge in [0.15, 0.2) is 0 Å². The van der Waals surface area contributed by atoms with Gasteiger partial charge in [-0.15, -0.1) is 0 Å². The lowest BCUT2D eigenvalue weighted by Gasteiger charge is -2.27. The molecule has 0 atom stereocenters. The maximum Gasteiger partial charge on any atom is 0.146 e. The van der Waals surface area contributed by atoms with E-state index in [2.05, 4.69) is 17.3 Å². The van der Waals surface area contributed by atoms with Gasteiger partial charge in [-0.05, 0) is 32.0 Å². The molecule has 0 amide bonds.